The Kier molecular flexibility index (Phi) is 4.55. The molecular weight excluding hydrogens is 206 g/mol. The summed E-state index contributed by atoms with van der Waals surface area (Å²) in [5, 5.41) is 2.58. The number of hydrogen-bond acceptors (Lipinski definition) is 3. The molecule has 4 heteroatoms. The first-order valence-electron chi connectivity index (χ1n) is 5.07. The van der Waals surface area contributed by atoms with Gasteiger partial charge in [-0.05, 0) is 40.5 Å². The predicted octanol–water partition coefficient (Wildman–Crippen LogP) is 1.88. The molecule has 0 aliphatic rings. The minimum atomic E-state index is -0.784. The Balaban J connectivity index is 4.45. The quantitative estimate of drug-likeness (QED) is 0.547. The fraction of sp³-hybridized carbons (Fsp3) is 0.667. The van der Waals surface area contributed by atoms with Crippen molar-refractivity contribution in [1.29, 1.82) is 0 Å². The molecule has 0 fully saturated rings. The average molecular weight is 225 g/mol. The summed E-state index contributed by atoms with van der Waals surface area (Å²) in [6.07, 6.45) is -0.546. The molecule has 0 atom stereocenters. The molecule has 1 N–H and O–H groups in total. The highest BCUT2D eigenvalue weighted by Gasteiger charge is 2.22. The number of nitrogens with one attached hydrogen (secondary N) is 1. The van der Waals surface area contributed by atoms with Gasteiger partial charge in [-0.15, -0.1) is 0 Å². The molecule has 0 bridgehead atoms. The highest BCUT2D eigenvalue weighted by molar-refractivity contribution is 5.93. The van der Waals surface area contributed by atoms with Crippen LogP contribution in [-0.4, -0.2) is 23.0 Å². The van der Waals surface area contributed by atoms with Gasteiger partial charge in [0.25, 0.3) is 0 Å². The van der Waals surface area contributed by atoms with Gasteiger partial charge in [0.1, 0.15) is 5.60 Å². The number of ether oxygens (including phenoxy) is 1. The molecule has 0 spiro atoms. The Morgan fingerprint density at radius 2 is 1.62 bits per heavy atom. The Bertz CT molecular complexity index is 340. The summed E-state index contributed by atoms with van der Waals surface area (Å²) in [5.74, 6) is 4.82. The van der Waals surface area contributed by atoms with Gasteiger partial charge in [-0.3, -0.25) is 4.79 Å². The second-order valence-electron chi connectivity index (χ2n) is 5.06. The van der Waals surface area contributed by atoms with Crippen molar-refractivity contribution in [2.75, 3.05) is 0 Å². The van der Waals surface area contributed by atoms with Crippen LogP contribution in [-0.2, 0) is 9.53 Å². The Labute approximate surface area is 96.7 Å². The number of carbonyl (C=O) groups excluding carboxylic acids is 2. The minimum Gasteiger partial charge on any atom is -0.444 e. The zero-order valence-electron chi connectivity index (χ0n) is 10.7. The van der Waals surface area contributed by atoms with Gasteiger partial charge in [0, 0.05) is 6.92 Å². The number of carbonyl (C=O) groups is 2. The largest absolute Gasteiger partial charge is 0.444 e. The Morgan fingerprint density at radius 1 is 1.12 bits per heavy atom. The molecule has 0 unspecified atom stereocenters. The smallest absolute Gasteiger partial charge is 0.408 e. The van der Waals surface area contributed by atoms with Gasteiger partial charge in [-0.2, -0.15) is 0 Å². The number of Topliss-reactive ketones (excluding diaryl/α,β-unsaturated/α-hetero) is 1. The summed E-state index contributed by atoms with van der Waals surface area (Å²) >= 11 is 0. The predicted molar refractivity (Wildman–Crippen MR) is 61.9 cm³/mol. The third-order valence-electron chi connectivity index (χ3n) is 1.36. The van der Waals surface area contributed by atoms with Gasteiger partial charge in [-0.25, -0.2) is 4.79 Å². The normalized spacial score (nSPS) is 11.1. The zero-order chi connectivity index (χ0) is 13.0. The summed E-state index contributed by atoms with van der Waals surface area (Å²) < 4.78 is 5.08. The summed E-state index contributed by atoms with van der Waals surface area (Å²) in [5.41, 5.74) is -1.33. The topological polar surface area (TPSA) is 55.4 Å². The van der Waals surface area contributed by atoms with Crippen molar-refractivity contribution in [2.45, 2.75) is 52.7 Å². The molecule has 0 aromatic rings. The molecule has 4 nitrogen and oxygen atoms in total. The first-order chi connectivity index (χ1) is 7.02. The molecule has 0 aromatic heterocycles. The van der Waals surface area contributed by atoms with Gasteiger partial charge in [-0.1, -0.05) is 5.92 Å². The van der Waals surface area contributed by atoms with Crippen LogP contribution in [0, 0.1) is 11.8 Å². The molecule has 0 saturated carbocycles. The lowest BCUT2D eigenvalue weighted by molar-refractivity contribution is -0.111. The molecule has 0 radical (unpaired) electrons. The lowest BCUT2D eigenvalue weighted by Gasteiger charge is -2.24. The highest BCUT2D eigenvalue weighted by Crippen LogP contribution is 2.08. The van der Waals surface area contributed by atoms with Crippen LogP contribution in [0.2, 0.25) is 0 Å². The standard InChI is InChI=1S/C12H19NO3/c1-9(14)7-8-12(5,6)13-10(15)16-11(2,3)4/h1-6H3,(H,13,15). The number of rotatable bonds is 1. The number of amides is 1. The lowest BCUT2D eigenvalue weighted by Crippen LogP contribution is -2.44. The third-order valence-corrected chi connectivity index (χ3v) is 1.36. The number of ketones is 1. The monoisotopic (exact) mass is 225 g/mol. The molecule has 16 heavy (non-hydrogen) atoms. The van der Waals surface area contributed by atoms with Crippen LogP contribution < -0.4 is 5.32 Å². The van der Waals surface area contributed by atoms with E-state index in [1.165, 1.54) is 6.92 Å². The Hall–Kier alpha value is -1.50. The molecule has 90 valence electrons. The molecule has 1 amide bonds. The molecule has 0 aromatic carbocycles. The van der Waals surface area contributed by atoms with Crippen molar-refractivity contribution >= 4 is 11.9 Å². The van der Waals surface area contributed by atoms with Gasteiger partial charge in [0.2, 0.25) is 5.78 Å². The maximum Gasteiger partial charge on any atom is 0.408 e. The molecule has 0 heterocycles. The van der Waals surface area contributed by atoms with E-state index in [-0.39, 0.29) is 5.78 Å². The van der Waals surface area contributed by atoms with Gasteiger partial charge in [0.05, 0.1) is 5.54 Å². The highest BCUT2D eigenvalue weighted by atomic mass is 16.6. The summed E-state index contributed by atoms with van der Waals surface area (Å²) in [7, 11) is 0. The average Bonchev–Trinajstić information content (AvgIpc) is 1.95. The van der Waals surface area contributed by atoms with Crippen molar-refractivity contribution in [2.24, 2.45) is 0 Å². The molecule has 0 aliphatic heterocycles. The van der Waals surface area contributed by atoms with Crippen LogP contribution >= 0.6 is 0 Å². The van der Waals surface area contributed by atoms with Crippen LogP contribution in [0.3, 0.4) is 0 Å². The van der Waals surface area contributed by atoms with E-state index in [0.29, 0.717) is 0 Å². The van der Waals surface area contributed by atoms with Crippen LogP contribution in [0.5, 0.6) is 0 Å². The van der Waals surface area contributed by atoms with E-state index in [2.05, 4.69) is 17.2 Å². The number of alkyl carbamates (subject to hydrolysis) is 1. The lowest BCUT2D eigenvalue weighted by atomic mass is 10.1. The van der Waals surface area contributed by atoms with Crippen molar-refractivity contribution in [3.05, 3.63) is 0 Å². The number of hydrogen-bond donors (Lipinski definition) is 1. The van der Waals surface area contributed by atoms with E-state index >= 15 is 0 Å². The van der Waals surface area contributed by atoms with E-state index in [4.69, 9.17) is 4.74 Å². The van der Waals surface area contributed by atoms with Crippen LogP contribution in [0.25, 0.3) is 0 Å². The van der Waals surface area contributed by atoms with Crippen molar-refractivity contribution < 1.29 is 14.3 Å². The minimum absolute atomic E-state index is 0.237. The fourth-order valence-electron chi connectivity index (χ4n) is 0.834. The van der Waals surface area contributed by atoms with E-state index in [1.807, 2.05) is 0 Å². The van der Waals surface area contributed by atoms with Crippen molar-refractivity contribution in [3.63, 3.8) is 0 Å². The van der Waals surface area contributed by atoms with Crippen LogP contribution in [0.1, 0.15) is 41.5 Å². The summed E-state index contributed by atoms with van der Waals surface area (Å²) in [4.78, 5) is 22.1. The maximum atomic E-state index is 11.4. The molecule has 0 saturated heterocycles. The second-order valence-corrected chi connectivity index (χ2v) is 5.06. The van der Waals surface area contributed by atoms with E-state index in [0.717, 1.165) is 0 Å². The van der Waals surface area contributed by atoms with Crippen molar-refractivity contribution in [1.82, 2.24) is 5.32 Å². The first kappa shape index (κ1) is 14.5. The first-order valence-corrected chi connectivity index (χ1v) is 5.07. The molecular formula is C12H19NO3. The maximum absolute atomic E-state index is 11.4. The van der Waals surface area contributed by atoms with E-state index < -0.39 is 17.2 Å². The van der Waals surface area contributed by atoms with Crippen LogP contribution in [0.15, 0.2) is 0 Å². The summed E-state index contributed by atoms with van der Waals surface area (Å²) in [6, 6.07) is 0. The SMILES string of the molecule is CC(=O)C#CC(C)(C)NC(=O)OC(C)(C)C. The molecule has 0 rings (SSSR count). The Morgan fingerprint density at radius 3 is 2.00 bits per heavy atom. The van der Waals surface area contributed by atoms with Gasteiger partial charge in [0.15, 0.2) is 0 Å². The van der Waals surface area contributed by atoms with Crippen LogP contribution in [0.4, 0.5) is 4.79 Å². The van der Waals surface area contributed by atoms with Gasteiger partial charge >= 0.3 is 6.09 Å². The summed E-state index contributed by atoms with van der Waals surface area (Å²) in [6.45, 7) is 10.1. The van der Waals surface area contributed by atoms with E-state index in [1.54, 1.807) is 34.6 Å². The van der Waals surface area contributed by atoms with E-state index in [9.17, 15) is 9.59 Å². The second kappa shape index (κ2) is 5.02. The molecule has 0 aliphatic carbocycles. The zero-order valence-corrected chi connectivity index (χ0v) is 10.7. The van der Waals surface area contributed by atoms with Gasteiger partial charge < -0.3 is 10.1 Å². The fourth-order valence-corrected chi connectivity index (χ4v) is 0.834. The van der Waals surface area contributed by atoms with Crippen molar-refractivity contribution in [3.8, 4) is 11.8 Å². The third kappa shape index (κ3) is 7.86.